The maximum Gasteiger partial charge on any atom is 0.165 e. The summed E-state index contributed by atoms with van der Waals surface area (Å²) in [5.74, 6) is 1.47. The summed E-state index contributed by atoms with van der Waals surface area (Å²) < 4.78 is 10.7. The lowest BCUT2D eigenvalue weighted by atomic mass is 10.1. The monoisotopic (exact) mass is 230 g/mol. The van der Waals surface area contributed by atoms with Crippen molar-refractivity contribution in [3.05, 3.63) is 22.7 Å². The lowest BCUT2D eigenvalue weighted by molar-refractivity contribution is 0.268. The van der Waals surface area contributed by atoms with Gasteiger partial charge in [-0.25, -0.2) is 0 Å². The van der Waals surface area contributed by atoms with Crippen LogP contribution in [-0.4, -0.2) is 13.7 Å². The van der Waals surface area contributed by atoms with Crippen molar-refractivity contribution >= 4 is 24.2 Å². The van der Waals surface area contributed by atoms with E-state index in [0.29, 0.717) is 17.4 Å². The SMILES string of the molecule is COc1cc(Cl)cc2c1OCCC2S. The van der Waals surface area contributed by atoms with Gasteiger partial charge in [0, 0.05) is 21.9 Å². The Hall–Kier alpha value is -0.540. The van der Waals surface area contributed by atoms with E-state index in [-0.39, 0.29) is 5.25 Å². The number of rotatable bonds is 1. The zero-order valence-electron chi connectivity index (χ0n) is 7.79. The predicted octanol–water partition coefficient (Wildman–Crippen LogP) is 3.10. The van der Waals surface area contributed by atoms with E-state index in [1.807, 2.05) is 6.07 Å². The molecule has 4 heteroatoms. The Bertz CT molecular complexity index is 354. The van der Waals surface area contributed by atoms with Gasteiger partial charge in [-0.05, 0) is 12.5 Å². The summed E-state index contributed by atoms with van der Waals surface area (Å²) >= 11 is 10.4. The first-order valence-corrected chi connectivity index (χ1v) is 5.30. The van der Waals surface area contributed by atoms with Gasteiger partial charge in [0.15, 0.2) is 11.5 Å². The van der Waals surface area contributed by atoms with E-state index in [4.69, 9.17) is 21.1 Å². The van der Waals surface area contributed by atoms with Crippen LogP contribution in [0.3, 0.4) is 0 Å². The van der Waals surface area contributed by atoms with Crippen molar-refractivity contribution in [3.63, 3.8) is 0 Å². The molecule has 0 saturated carbocycles. The molecule has 2 rings (SSSR count). The molecule has 0 amide bonds. The summed E-state index contributed by atoms with van der Waals surface area (Å²) in [4.78, 5) is 0. The number of hydrogen-bond acceptors (Lipinski definition) is 3. The fourth-order valence-electron chi connectivity index (χ4n) is 1.57. The highest BCUT2D eigenvalue weighted by molar-refractivity contribution is 7.80. The number of halogens is 1. The highest BCUT2D eigenvalue weighted by Crippen LogP contribution is 2.43. The Morgan fingerprint density at radius 2 is 2.36 bits per heavy atom. The molecule has 1 aliphatic heterocycles. The minimum Gasteiger partial charge on any atom is -0.493 e. The minimum absolute atomic E-state index is 0.186. The third kappa shape index (κ3) is 1.66. The van der Waals surface area contributed by atoms with Crippen LogP contribution in [0.2, 0.25) is 5.02 Å². The number of methoxy groups -OCH3 is 1. The molecule has 2 nitrogen and oxygen atoms in total. The van der Waals surface area contributed by atoms with E-state index in [2.05, 4.69) is 12.6 Å². The second-order valence-electron chi connectivity index (χ2n) is 3.18. The molecule has 0 aliphatic carbocycles. The van der Waals surface area contributed by atoms with Crippen LogP contribution in [0.1, 0.15) is 17.2 Å². The Morgan fingerprint density at radius 1 is 1.57 bits per heavy atom. The van der Waals surface area contributed by atoms with E-state index in [1.54, 1.807) is 13.2 Å². The van der Waals surface area contributed by atoms with Crippen molar-refractivity contribution < 1.29 is 9.47 Å². The number of hydrogen-bond donors (Lipinski definition) is 1. The van der Waals surface area contributed by atoms with Gasteiger partial charge in [-0.1, -0.05) is 11.6 Å². The molecule has 0 aromatic heterocycles. The third-order valence-corrected chi connectivity index (χ3v) is 3.02. The summed E-state index contributed by atoms with van der Waals surface area (Å²) in [7, 11) is 1.61. The van der Waals surface area contributed by atoms with Crippen molar-refractivity contribution in [2.75, 3.05) is 13.7 Å². The largest absolute Gasteiger partial charge is 0.493 e. The predicted molar refractivity (Wildman–Crippen MR) is 59.8 cm³/mol. The number of benzene rings is 1. The van der Waals surface area contributed by atoms with E-state index in [9.17, 15) is 0 Å². The molecule has 14 heavy (non-hydrogen) atoms. The van der Waals surface area contributed by atoms with Crippen LogP contribution < -0.4 is 9.47 Å². The molecular formula is C10H11ClO2S. The normalized spacial score (nSPS) is 19.8. The van der Waals surface area contributed by atoms with Crippen LogP contribution in [0.4, 0.5) is 0 Å². The summed E-state index contributed by atoms with van der Waals surface area (Å²) in [6.07, 6.45) is 0.902. The summed E-state index contributed by atoms with van der Waals surface area (Å²) in [6, 6.07) is 3.64. The van der Waals surface area contributed by atoms with Gasteiger partial charge in [0.05, 0.1) is 13.7 Å². The van der Waals surface area contributed by atoms with Crippen molar-refractivity contribution in [3.8, 4) is 11.5 Å². The maximum atomic E-state index is 5.96. The smallest absolute Gasteiger partial charge is 0.165 e. The average Bonchev–Trinajstić information content (AvgIpc) is 2.18. The molecule has 1 heterocycles. The molecule has 0 fully saturated rings. The first kappa shape index (κ1) is 9.99. The van der Waals surface area contributed by atoms with Gasteiger partial charge < -0.3 is 9.47 Å². The van der Waals surface area contributed by atoms with Crippen molar-refractivity contribution in [1.29, 1.82) is 0 Å². The molecular weight excluding hydrogens is 220 g/mol. The Labute approximate surface area is 93.6 Å². The zero-order chi connectivity index (χ0) is 10.1. The zero-order valence-corrected chi connectivity index (χ0v) is 9.44. The standard InChI is InChI=1S/C10H11ClO2S/c1-12-8-5-6(11)4-7-9(14)2-3-13-10(7)8/h4-5,9,14H,2-3H2,1H3. The molecule has 0 bridgehead atoms. The molecule has 0 saturated heterocycles. The molecule has 1 atom stereocenters. The number of fused-ring (bicyclic) bond motifs is 1. The van der Waals surface area contributed by atoms with Gasteiger partial charge in [0.25, 0.3) is 0 Å². The van der Waals surface area contributed by atoms with E-state index < -0.39 is 0 Å². The van der Waals surface area contributed by atoms with E-state index >= 15 is 0 Å². The molecule has 1 aromatic carbocycles. The molecule has 1 aromatic rings. The number of thiol groups is 1. The third-order valence-electron chi connectivity index (χ3n) is 2.26. The fourth-order valence-corrected chi connectivity index (χ4v) is 2.08. The van der Waals surface area contributed by atoms with Crippen LogP contribution in [0.5, 0.6) is 11.5 Å². The fraction of sp³-hybridized carbons (Fsp3) is 0.400. The van der Waals surface area contributed by atoms with Crippen LogP contribution >= 0.6 is 24.2 Å². The highest BCUT2D eigenvalue weighted by atomic mass is 35.5. The maximum absolute atomic E-state index is 5.96. The van der Waals surface area contributed by atoms with Crippen molar-refractivity contribution in [2.24, 2.45) is 0 Å². The topological polar surface area (TPSA) is 18.5 Å². The summed E-state index contributed by atoms with van der Waals surface area (Å²) in [6.45, 7) is 0.680. The highest BCUT2D eigenvalue weighted by Gasteiger charge is 2.22. The Morgan fingerprint density at radius 3 is 3.07 bits per heavy atom. The van der Waals surface area contributed by atoms with Gasteiger partial charge in [-0.15, -0.1) is 0 Å². The summed E-state index contributed by atoms with van der Waals surface area (Å²) in [5.41, 5.74) is 1.02. The lowest BCUT2D eigenvalue weighted by Crippen LogP contribution is -2.11. The second kappa shape index (κ2) is 3.91. The first-order valence-electron chi connectivity index (χ1n) is 4.40. The molecule has 1 aliphatic rings. The average molecular weight is 231 g/mol. The van der Waals surface area contributed by atoms with Gasteiger partial charge in [-0.2, -0.15) is 12.6 Å². The quantitative estimate of drug-likeness (QED) is 0.748. The molecule has 76 valence electrons. The second-order valence-corrected chi connectivity index (χ2v) is 4.24. The molecule has 0 spiro atoms. The molecule has 0 radical (unpaired) electrons. The summed E-state index contributed by atoms with van der Waals surface area (Å²) in [5, 5.41) is 0.844. The van der Waals surface area contributed by atoms with Crippen LogP contribution in [0.25, 0.3) is 0 Å². The van der Waals surface area contributed by atoms with E-state index in [1.165, 1.54) is 0 Å². The molecule has 1 unspecified atom stereocenters. The Kier molecular flexibility index (Phi) is 2.79. The van der Waals surface area contributed by atoms with Crippen LogP contribution in [0, 0.1) is 0 Å². The van der Waals surface area contributed by atoms with Crippen molar-refractivity contribution in [2.45, 2.75) is 11.7 Å². The van der Waals surface area contributed by atoms with Gasteiger partial charge in [0.1, 0.15) is 0 Å². The van der Waals surface area contributed by atoms with Crippen molar-refractivity contribution in [1.82, 2.24) is 0 Å². The number of ether oxygens (including phenoxy) is 2. The van der Waals surface area contributed by atoms with Gasteiger partial charge >= 0.3 is 0 Å². The Balaban J connectivity index is 2.54. The minimum atomic E-state index is 0.186. The van der Waals surface area contributed by atoms with Crippen LogP contribution in [0.15, 0.2) is 12.1 Å². The first-order chi connectivity index (χ1) is 6.72. The molecule has 0 N–H and O–H groups in total. The van der Waals surface area contributed by atoms with Crippen LogP contribution in [-0.2, 0) is 0 Å². The van der Waals surface area contributed by atoms with Gasteiger partial charge in [0.2, 0.25) is 0 Å². The van der Waals surface area contributed by atoms with E-state index in [0.717, 1.165) is 17.7 Å². The van der Waals surface area contributed by atoms with Gasteiger partial charge in [-0.3, -0.25) is 0 Å². The lowest BCUT2D eigenvalue weighted by Gasteiger charge is -2.24.